The zero-order chi connectivity index (χ0) is 23.6. The van der Waals surface area contributed by atoms with Crippen molar-refractivity contribution in [3.63, 3.8) is 0 Å². The maximum atomic E-state index is 13.3. The van der Waals surface area contributed by atoms with E-state index >= 15 is 0 Å². The molecule has 4 aliphatic carbocycles. The van der Waals surface area contributed by atoms with E-state index in [1.54, 1.807) is 0 Å². The Bertz CT molecular complexity index is 706. The number of aliphatic hydroxyl groups is 3. The summed E-state index contributed by atoms with van der Waals surface area (Å²) in [6, 6.07) is 0. The number of aliphatic hydroxyl groups excluding tert-OH is 3. The molecule has 0 aromatic heterocycles. The molecule has 184 valence electrons. The van der Waals surface area contributed by atoms with Crippen LogP contribution in [0.15, 0.2) is 0 Å². The van der Waals surface area contributed by atoms with Gasteiger partial charge in [0.15, 0.2) is 0 Å². The van der Waals surface area contributed by atoms with Crippen LogP contribution < -0.4 is 0 Å². The van der Waals surface area contributed by atoms with E-state index in [9.17, 15) is 20.1 Å². The monoisotopic (exact) mass is 448 g/mol. The fourth-order valence-corrected chi connectivity index (χ4v) is 9.18. The first-order valence-corrected chi connectivity index (χ1v) is 13.5. The van der Waals surface area contributed by atoms with Crippen molar-refractivity contribution < 1.29 is 20.1 Å². The van der Waals surface area contributed by atoms with Crippen LogP contribution in [0.3, 0.4) is 0 Å². The molecule has 4 saturated carbocycles. The molecule has 4 fully saturated rings. The van der Waals surface area contributed by atoms with Gasteiger partial charge in [-0.25, -0.2) is 0 Å². The maximum Gasteiger partial charge on any atom is 0.136 e. The molecule has 0 spiro atoms. The Kier molecular flexibility index (Phi) is 6.66. The van der Waals surface area contributed by atoms with Gasteiger partial charge in [0.1, 0.15) is 5.78 Å². The summed E-state index contributed by atoms with van der Waals surface area (Å²) < 4.78 is 0. The van der Waals surface area contributed by atoms with Gasteiger partial charge in [0, 0.05) is 12.3 Å². The second kappa shape index (κ2) is 8.64. The molecule has 0 aromatic carbocycles. The lowest BCUT2D eigenvalue weighted by Gasteiger charge is -2.60. The van der Waals surface area contributed by atoms with Gasteiger partial charge in [-0.1, -0.05) is 41.5 Å². The van der Waals surface area contributed by atoms with Crippen molar-refractivity contribution in [3.05, 3.63) is 0 Å². The highest BCUT2D eigenvalue weighted by Gasteiger charge is 2.63. The van der Waals surface area contributed by atoms with Crippen molar-refractivity contribution >= 4 is 5.78 Å². The predicted molar refractivity (Wildman–Crippen MR) is 127 cm³/mol. The zero-order valence-corrected chi connectivity index (χ0v) is 21.3. The quantitative estimate of drug-likeness (QED) is 0.563. The number of Topliss-reactive ketones (excluding diaryl/α,β-unsaturated/α-hetero) is 1. The summed E-state index contributed by atoms with van der Waals surface area (Å²) in [4.78, 5) is 13.3. The van der Waals surface area contributed by atoms with Crippen LogP contribution in [-0.4, -0.2) is 39.4 Å². The van der Waals surface area contributed by atoms with Crippen LogP contribution in [0.5, 0.6) is 0 Å². The second-order valence-electron chi connectivity index (χ2n) is 13.2. The van der Waals surface area contributed by atoms with Crippen LogP contribution in [0.25, 0.3) is 0 Å². The van der Waals surface area contributed by atoms with Gasteiger partial charge in [0.05, 0.1) is 18.3 Å². The third-order valence-corrected chi connectivity index (χ3v) is 11.6. The van der Waals surface area contributed by atoms with Gasteiger partial charge >= 0.3 is 0 Å². The first-order chi connectivity index (χ1) is 14.9. The molecule has 0 heterocycles. The Balaban J connectivity index is 1.54. The zero-order valence-electron chi connectivity index (χ0n) is 21.3. The van der Waals surface area contributed by atoms with Crippen LogP contribution in [-0.2, 0) is 4.79 Å². The molecule has 4 aliphatic rings. The number of carbonyl (C=O) groups excluding carboxylic acids is 1. The minimum absolute atomic E-state index is 0.0440. The number of ketones is 1. The van der Waals surface area contributed by atoms with Gasteiger partial charge in [-0.2, -0.15) is 0 Å². The highest BCUT2D eigenvalue weighted by atomic mass is 16.3. The molecule has 0 saturated heterocycles. The molecule has 0 aliphatic heterocycles. The van der Waals surface area contributed by atoms with Crippen molar-refractivity contribution in [3.8, 4) is 0 Å². The number of hydrogen-bond acceptors (Lipinski definition) is 4. The fourth-order valence-electron chi connectivity index (χ4n) is 9.18. The molecule has 0 unspecified atom stereocenters. The van der Waals surface area contributed by atoms with Crippen molar-refractivity contribution in [1.82, 2.24) is 0 Å². The Morgan fingerprint density at radius 3 is 2.16 bits per heavy atom. The van der Waals surface area contributed by atoms with Crippen molar-refractivity contribution in [1.29, 1.82) is 0 Å². The smallest absolute Gasteiger partial charge is 0.136 e. The van der Waals surface area contributed by atoms with Crippen LogP contribution in [0.1, 0.15) is 92.9 Å². The van der Waals surface area contributed by atoms with Crippen LogP contribution in [0, 0.1) is 58.2 Å². The topological polar surface area (TPSA) is 77.8 Å². The molecule has 0 amide bonds. The van der Waals surface area contributed by atoms with Gasteiger partial charge in [0.2, 0.25) is 0 Å². The summed E-state index contributed by atoms with van der Waals surface area (Å²) in [6.45, 7) is 13.2. The van der Waals surface area contributed by atoms with E-state index in [-0.39, 0.29) is 34.7 Å². The third-order valence-electron chi connectivity index (χ3n) is 11.6. The lowest BCUT2D eigenvalue weighted by atomic mass is 9.44. The van der Waals surface area contributed by atoms with Crippen LogP contribution >= 0.6 is 0 Å². The molecule has 12 atom stereocenters. The van der Waals surface area contributed by atoms with E-state index in [0.29, 0.717) is 48.2 Å². The minimum atomic E-state index is -0.694. The molecule has 32 heavy (non-hydrogen) atoms. The molecule has 4 rings (SSSR count). The van der Waals surface area contributed by atoms with Gasteiger partial charge in [-0.3, -0.25) is 4.79 Å². The lowest BCUT2D eigenvalue weighted by Crippen LogP contribution is -2.57. The average Bonchev–Trinajstić information content (AvgIpc) is 3.10. The van der Waals surface area contributed by atoms with E-state index in [4.69, 9.17) is 0 Å². The number of carbonyl (C=O) groups is 1. The standard InChI is InChI=1S/C28H48O4/c1-15(2)16(3)25(31)26(32)17(4)20-7-8-21-19-14-24(30)23-13-18(29)9-11-28(23,6)22(19)10-12-27(20,21)5/h15-23,25-26,29,31-32H,7-14H2,1-6H3/t16-,17+,18+,19+,20-,21+,22+,23-,25-,26-,27+,28-/m1/s1. The summed E-state index contributed by atoms with van der Waals surface area (Å²) in [5.74, 6) is 2.88. The van der Waals surface area contributed by atoms with Crippen molar-refractivity contribution in [2.75, 3.05) is 0 Å². The SMILES string of the molecule is CC(C)[C@@H](C)[C@@H](O)[C@H](O)[C@@H](C)[C@H]1CC[C@H]2[C@@H]3CC(=O)[C@H]4C[C@@H](O)CC[C@]4(C)[C@H]3CC[C@@]12C. The Labute approximate surface area is 195 Å². The summed E-state index contributed by atoms with van der Waals surface area (Å²) in [5.41, 5.74) is 0.187. The summed E-state index contributed by atoms with van der Waals surface area (Å²) >= 11 is 0. The number of rotatable bonds is 5. The molecule has 0 radical (unpaired) electrons. The molecule has 0 aromatic rings. The van der Waals surface area contributed by atoms with E-state index in [0.717, 1.165) is 38.5 Å². The van der Waals surface area contributed by atoms with E-state index in [2.05, 4.69) is 34.6 Å². The number of fused-ring (bicyclic) bond motifs is 5. The highest BCUT2D eigenvalue weighted by Crippen LogP contribution is 2.67. The molecule has 3 N–H and O–H groups in total. The van der Waals surface area contributed by atoms with Gasteiger partial charge in [-0.05, 0) is 97.2 Å². The highest BCUT2D eigenvalue weighted by molar-refractivity contribution is 5.83. The van der Waals surface area contributed by atoms with Gasteiger partial charge in [-0.15, -0.1) is 0 Å². The minimum Gasteiger partial charge on any atom is -0.393 e. The largest absolute Gasteiger partial charge is 0.393 e. The van der Waals surface area contributed by atoms with Crippen LogP contribution in [0.2, 0.25) is 0 Å². The fraction of sp³-hybridized carbons (Fsp3) is 0.964. The molecule has 4 nitrogen and oxygen atoms in total. The summed E-state index contributed by atoms with van der Waals surface area (Å²) in [7, 11) is 0. The normalized spacial score (nSPS) is 47.9. The average molecular weight is 449 g/mol. The molecular weight excluding hydrogens is 400 g/mol. The van der Waals surface area contributed by atoms with E-state index < -0.39 is 12.2 Å². The third kappa shape index (κ3) is 3.71. The Hall–Kier alpha value is -0.450. The molecule has 4 heteroatoms. The number of hydrogen-bond donors (Lipinski definition) is 3. The Morgan fingerprint density at radius 1 is 0.875 bits per heavy atom. The van der Waals surface area contributed by atoms with E-state index in [1.807, 2.05) is 6.92 Å². The first-order valence-electron chi connectivity index (χ1n) is 13.5. The summed E-state index contributed by atoms with van der Waals surface area (Å²) in [5, 5.41) is 32.2. The molecule has 0 bridgehead atoms. The lowest BCUT2D eigenvalue weighted by molar-refractivity contribution is -0.161. The van der Waals surface area contributed by atoms with Gasteiger partial charge < -0.3 is 15.3 Å². The second-order valence-corrected chi connectivity index (χ2v) is 13.2. The predicted octanol–water partition coefficient (Wildman–Crippen LogP) is 4.84. The van der Waals surface area contributed by atoms with Crippen molar-refractivity contribution in [2.45, 2.75) is 111 Å². The van der Waals surface area contributed by atoms with Crippen molar-refractivity contribution in [2.24, 2.45) is 58.2 Å². The van der Waals surface area contributed by atoms with E-state index in [1.165, 1.54) is 0 Å². The molecular formula is C28H48O4. The van der Waals surface area contributed by atoms with Crippen LogP contribution in [0.4, 0.5) is 0 Å². The Morgan fingerprint density at radius 2 is 1.50 bits per heavy atom. The first kappa shape index (κ1) is 24.7. The maximum absolute atomic E-state index is 13.3. The summed E-state index contributed by atoms with van der Waals surface area (Å²) in [6.07, 6.45) is 6.05. The van der Waals surface area contributed by atoms with Gasteiger partial charge in [0.25, 0.3) is 0 Å².